The van der Waals surface area contributed by atoms with E-state index in [2.05, 4.69) is 10.2 Å². The van der Waals surface area contributed by atoms with E-state index >= 15 is 0 Å². The molecule has 4 rings (SSSR count). The van der Waals surface area contributed by atoms with Crippen LogP contribution in [0.25, 0.3) is 0 Å². The lowest BCUT2D eigenvalue weighted by Crippen LogP contribution is -2.43. The maximum atomic E-state index is 12.9. The molecule has 0 aromatic rings. The van der Waals surface area contributed by atoms with Gasteiger partial charge in [0.25, 0.3) is 0 Å². The van der Waals surface area contributed by atoms with E-state index in [1.165, 1.54) is 70.6 Å². The first-order valence-electron chi connectivity index (χ1n) is 9.85. The third-order valence-corrected chi connectivity index (χ3v) is 6.85. The Morgan fingerprint density at radius 3 is 2.30 bits per heavy atom. The van der Waals surface area contributed by atoms with Crippen LogP contribution < -0.4 is 5.32 Å². The minimum absolute atomic E-state index is 0. The molecule has 3 atom stereocenters. The number of carbonyl (C=O) groups excluding carboxylic acids is 1. The van der Waals surface area contributed by atoms with E-state index in [-0.39, 0.29) is 12.4 Å². The molecule has 4 heteroatoms. The second-order valence-electron chi connectivity index (χ2n) is 8.37. The maximum absolute atomic E-state index is 12.9. The zero-order valence-electron chi connectivity index (χ0n) is 14.3. The number of amides is 1. The molecule has 132 valence electrons. The number of fused-ring (bicyclic) bond motifs is 2. The highest BCUT2D eigenvalue weighted by Crippen LogP contribution is 2.37. The summed E-state index contributed by atoms with van der Waals surface area (Å²) in [5.41, 5.74) is 0. The largest absolute Gasteiger partial charge is 0.339 e. The Morgan fingerprint density at radius 2 is 1.61 bits per heavy atom. The summed E-state index contributed by atoms with van der Waals surface area (Å²) in [6, 6.07) is 2.01. The third-order valence-electron chi connectivity index (χ3n) is 6.85. The van der Waals surface area contributed by atoms with Gasteiger partial charge in [-0.05, 0) is 63.2 Å². The van der Waals surface area contributed by atoms with Crippen LogP contribution in [0.3, 0.4) is 0 Å². The Kier molecular flexibility index (Phi) is 5.90. The highest BCUT2D eigenvalue weighted by atomic mass is 35.5. The van der Waals surface area contributed by atoms with Gasteiger partial charge >= 0.3 is 0 Å². The Bertz CT molecular complexity index is 398. The van der Waals surface area contributed by atoms with Gasteiger partial charge in [-0.25, -0.2) is 0 Å². The van der Waals surface area contributed by atoms with E-state index in [0.717, 1.165) is 18.9 Å². The quantitative estimate of drug-likeness (QED) is 0.845. The number of hydrogen-bond acceptors (Lipinski definition) is 2. The number of likely N-dealkylation sites (tertiary alicyclic amines) is 1. The number of nitrogens with zero attached hydrogens (tertiary/aromatic N) is 1. The fraction of sp³-hybridized carbons (Fsp3) is 0.947. The van der Waals surface area contributed by atoms with Crippen molar-refractivity contribution < 1.29 is 4.79 Å². The number of carbonyl (C=O) groups is 1. The van der Waals surface area contributed by atoms with Gasteiger partial charge in [-0.2, -0.15) is 0 Å². The van der Waals surface area contributed by atoms with Crippen LogP contribution in [0.15, 0.2) is 0 Å². The highest BCUT2D eigenvalue weighted by molar-refractivity contribution is 5.85. The SMILES string of the molecule is Cl.O=C(CC1CC2CCC(C1)N2)N1CCCC1C1CCCCC1. The first kappa shape index (κ1) is 17.5. The van der Waals surface area contributed by atoms with E-state index in [4.69, 9.17) is 0 Å². The summed E-state index contributed by atoms with van der Waals surface area (Å²) in [6.07, 6.45) is 15.4. The van der Waals surface area contributed by atoms with Gasteiger partial charge in [0.2, 0.25) is 5.91 Å². The smallest absolute Gasteiger partial charge is 0.223 e. The molecule has 4 fully saturated rings. The second kappa shape index (κ2) is 7.74. The van der Waals surface area contributed by atoms with E-state index in [9.17, 15) is 4.79 Å². The standard InChI is InChI=1S/C19H32N2O.ClH/c22-19(13-14-11-16-8-9-17(12-14)20-16)21-10-4-7-18(21)15-5-2-1-3-6-15;/h14-18,20H,1-13H2;1H. The molecule has 3 aliphatic heterocycles. The lowest BCUT2D eigenvalue weighted by Gasteiger charge is -2.36. The van der Waals surface area contributed by atoms with Crippen molar-refractivity contribution in [1.29, 1.82) is 0 Å². The lowest BCUT2D eigenvalue weighted by atomic mass is 9.82. The van der Waals surface area contributed by atoms with Crippen LogP contribution in [0.1, 0.15) is 77.0 Å². The molecule has 3 unspecified atom stereocenters. The Balaban J connectivity index is 0.00000156. The predicted octanol–water partition coefficient (Wildman–Crippen LogP) is 3.90. The van der Waals surface area contributed by atoms with Crippen molar-refractivity contribution in [3.8, 4) is 0 Å². The number of hydrogen-bond donors (Lipinski definition) is 1. The van der Waals surface area contributed by atoms with Crippen molar-refractivity contribution in [2.24, 2.45) is 11.8 Å². The van der Waals surface area contributed by atoms with Crippen LogP contribution in [0.2, 0.25) is 0 Å². The molecule has 1 N–H and O–H groups in total. The first-order valence-corrected chi connectivity index (χ1v) is 9.85. The summed E-state index contributed by atoms with van der Waals surface area (Å²) in [5, 5.41) is 3.70. The predicted molar refractivity (Wildman–Crippen MR) is 95.8 cm³/mol. The van der Waals surface area contributed by atoms with Gasteiger partial charge in [0.05, 0.1) is 0 Å². The number of nitrogens with one attached hydrogen (secondary N) is 1. The molecule has 3 saturated heterocycles. The van der Waals surface area contributed by atoms with Crippen LogP contribution in [-0.4, -0.2) is 35.5 Å². The fourth-order valence-electron chi connectivity index (χ4n) is 5.82. The minimum atomic E-state index is 0. The molecule has 1 amide bonds. The summed E-state index contributed by atoms with van der Waals surface area (Å²) < 4.78 is 0. The molecule has 1 aliphatic carbocycles. The van der Waals surface area contributed by atoms with Crippen molar-refractivity contribution in [2.45, 2.75) is 95.2 Å². The average molecular weight is 341 g/mol. The molecule has 0 spiro atoms. The molecule has 0 radical (unpaired) electrons. The van der Waals surface area contributed by atoms with E-state index in [0.29, 0.717) is 30.0 Å². The molecule has 23 heavy (non-hydrogen) atoms. The summed E-state index contributed by atoms with van der Waals surface area (Å²) in [4.78, 5) is 15.2. The van der Waals surface area contributed by atoms with Gasteiger partial charge in [-0.1, -0.05) is 19.3 Å². The Labute approximate surface area is 147 Å². The van der Waals surface area contributed by atoms with Crippen molar-refractivity contribution in [1.82, 2.24) is 10.2 Å². The number of piperidine rings is 1. The van der Waals surface area contributed by atoms with Crippen LogP contribution in [-0.2, 0) is 4.79 Å². The number of rotatable bonds is 3. The molecule has 3 heterocycles. The molecular formula is C19H33ClN2O. The highest BCUT2D eigenvalue weighted by Gasteiger charge is 2.38. The van der Waals surface area contributed by atoms with E-state index in [1.807, 2.05) is 0 Å². The molecular weight excluding hydrogens is 308 g/mol. The zero-order chi connectivity index (χ0) is 14.9. The van der Waals surface area contributed by atoms with Crippen LogP contribution in [0, 0.1) is 11.8 Å². The molecule has 1 saturated carbocycles. The van der Waals surface area contributed by atoms with Crippen LogP contribution >= 0.6 is 12.4 Å². The molecule has 3 nitrogen and oxygen atoms in total. The van der Waals surface area contributed by atoms with Gasteiger partial charge in [-0.3, -0.25) is 4.79 Å². The first-order chi connectivity index (χ1) is 10.8. The van der Waals surface area contributed by atoms with Gasteiger partial charge in [0.15, 0.2) is 0 Å². The lowest BCUT2D eigenvalue weighted by molar-refractivity contribution is -0.134. The maximum Gasteiger partial charge on any atom is 0.223 e. The van der Waals surface area contributed by atoms with Crippen molar-refractivity contribution in [3.63, 3.8) is 0 Å². The van der Waals surface area contributed by atoms with Crippen LogP contribution in [0.5, 0.6) is 0 Å². The monoisotopic (exact) mass is 340 g/mol. The molecule has 0 aromatic carbocycles. The normalized spacial score (nSPS) is 37.7. The van der Waals surface area contributed by atoms with Crippen molar-refractivity contribution in [2.75, 3.05) is 6.54 Å². The molecule has 4 aliphatic rings. The summed E-state index contributed by atoms with van der Waals surface area (Å²) in [6.45, 7) is 1.04. The minimum Gasteiger partial charge on any atom is -0.339 e. The Morgan fingerprint density at radius 1 is 0.913 bits per heavy atom. The van der Waals surface area contributed by atoms with Gasteiger partial charge in [-0.15, -0.1) is 12.4 Å². The topological polar surface area (TPSA) is 32.3 Å². The Hall–Kier alpha value is -0.280. The molecule has 2 bridgehead atoms. The summed E-state index contributed by atoms with van der Waals surface area (Å²) in [5.74, 6) is 1.95. The fourth-order valence-corrected chi connectivity index (χ4v) is 5.82. The number of halogens is 1. The van der Waals surface area contributed by atoms with E-state index in [1.54, 1.807) is 0 Å². The summed E-state index contributed by atoms with van der Waals surface area (Å²) in [7, 11) is 0. The molecule has 0 aromatic heterocycles. The van der Waals surface area contributed by atoms with Gasteiger partial charge < -0.3 is 10.2 Å². The van der Waals surface area contributed by atoms with E-state index < -0.39 is 0 Å². The van der Waals surface area contributed by atoms with Crippen molar-refractivity contribution in [3.05, 3.63) is 0 Å². The van der Waals surface area contributed by atoms with Gasteiger partial charge in [0, 0.05) is 31.1 Å². The zero-order valence-corrected chi connectivity index (χ0v) is 15.2. The second-order valence-corrected chi connectivity index (χ2v) is 8.37. The van der Waals surface area contributed by atoms with Crippen molar-refractivity contribution >= 4 is 18.3 Å². The van der Waals surface area contributed by atoms with Gasteiger partial charge in [0.1, 0.15) is 0 Å². The summed E-state index contributed by atoms with van der Waals surface area (Å²) >= 11 is 0. The third kappa shape index (κ3) is 3.87. The van der Waals surface area contributed by atoms with Crippen LogP contribution in [0.4, 0.5) is 0 Å². The average Bonchev–Trinajstić information content (AvgIpc) is 3.15.